The van der Waals surface area contributed by atoms with Gasteiger partial charge in [-0.05, 0) is 30.3 Å². The van der Waals surface area contributed by atoms with Gasteiger partial charge in [-0.15, -0.1) is 0 Å². The molecule has 0 aromatic carbocycles. The maximum atomic E-state index is 5.33. The smallest absolute Gasteiger partial charge is 0.169 e. The molecular weight excluding hydrogens is 170 g/mol. The fourth-order valence-electron chi connectivity index (χ4n) is 0.953. The quantitative estimate of drug-likeness (QED) is 0.675. The van der Waals surface area contributed by atoms with E-state index in [0.717, 1.165) is 17.8 Å². The number of aryl methyl sites for hydroxylation is 1. The van der Waals surface area contributed by atoms with Crippen LogP contribution in [-0.2, 0) is 6.42 Å². The summed E-state index contributed by atoms with van der Waals surface area (Å²) < 4.78 is 0. The lowest BCUT2D eigenvalue weighted by molar-refractivity contribution is 1.11. The average molecular weight is 181 g/mol. The number of nitrogens with zero attached hydrogens (tertiary/aromatic N) is 1. The van der Waals surface area contributed by atoms with Gasteiger partial charge < -0.3 is 11.1 Å². The molecule has 0 amide bonds. The maximum Gasteiger partial charge on any atom is 0.169 e. The highest BCUT2D eigenvalue weighted by Crippen LogP contribution is 2.10. The molecule has 1 rings (SSSR count). The van der Waals surface area contributed by atoms with Crippen molar-refractivity contribution in [1.29, 1.82) is 0 Å². The van der Waals surface area contributed by atoms with E-state index in [2.05, 4.69) is 17.2 Å². The predicted octanol–water partition coefficient (Wildman–Crippen LogP) is 1.30. The molecule has 12 heavy (non-hydrogen) atoms. The third-order valence-electron chi connectivity index (χ3n) is 1.51. The molecular formula is C8H11N3S. The number of aromatic nitrogens is 1. The van der Waals surface area contributed by atoms with E-state index in [4.69, 9.17) is 18.0 Å². The Labute approximate surface area is 77.0 Å². The van der Waals surface area contributed by atoms with E-state index >= 15 is 0 Å². The topological polar surface area (TPSA) is 50.9 Å². The van der Waals surface area contributed by atoms with Crippen LogP contribution in [0.4, 0.5) is 5.82 Å². The number of nitrogens with two attached hydrogens (primary N) is 1. The Bertz CT molecular complexity index is 285. The van der Waals surface area contributed by atoms with E-state index in [9.17, 15) is 0 Å². The SMILES string of the molecule is CCc1cccnc1NC(N)=S. The van der Waals surface area contributed by atoms with Crippen LogP contribution in [0.3, 0.4) is 0 Å². The zero-order valence-electron chi connectivity index (χ0n) is 6.87. The molecule has 3 N–H and O–H groups in total. The number of hydrogen-bond donors (Lipinski definition) is 2. The molecule has 0 radical (unpaired) electrons. The lowest BCUT2D eigenvalue weighted by Gasteiger charge is -2.06. The number of anilines is 1. The van der Waals surface area contributed by atoms with Crippen LogP contribution in [0.5, 0.6) is 0 Å². The molecule has 0 aliphatic rings. The van der Waals surface area contributed by atoms with Gasteiger partial charge in [0.15, 0.2) is 5.11 Å². The average Bonchev–Trinajstić information content (AvgIpc) is 2.04. The Morgan fingerprint density at radius 1 is 1.75 bits per heavy atom. The first-order valence-electron chi connectivity index (χ1n) is 3.74. The summed E-state index contributed by atoms with van der Waals surface area (Å²) in [5, 5.41) is 3.08. The summed E-state index contributed by atoms with van der Waals surface area (Å²) >= 11 is 4.71. The second-order valence-corrected chi connectivity index (χ2v) is 2.79. The largest absolute Gasteiger partial charge is 0.376 e. The molecule has 0 fully saturated rings. The number of pyridine rings is 1. The van der Waals surface area contributed by atoms with Crippen LogP contribution in [0.1, 0.15) is 12.5 Å². The molecule has 1 aromatic heterocycles. The van der Waals surface area contributed by atoms with Crippen molar-refractivity contribution in [2.75, 3.05) is 5.32 Å². The number of thiocarbonyl (C=S) groups is 1. The zero-order chi connectivity index (χ0) is 8.97. The van der Waals surface area contributed by atoms with Crippen molar-refractivity contribution in [3.63, 3.8) is 0 Å². The first-order chi connectivity index (χ1) is 5.74. The first kappa shape index (κ1) is 8.93. The van der Waals surface area contributed by atoms with E-state index in [0.29, 0.717) is 0 Å². The van der Waals surface area contributed by atoms with Gasteiger partial charge in [-0.3, -0.25) is 0 Å². The van der Waals surface area contributed by atoms with Crippen molar-refractivity contribution >= 4 is 23.1 Å². The molecule has 0 bridgehead atoms. The minimum absolute atomic E-state index is 0.253. The fourth-order valence-corrected chi connectivity index (χ4v) is 1.05. The minimum atomic E-state index is 0.253. The van der Waals surface area contributed by atoms with Crippen molar-refractivity contribution in [3.05, 3.63) is 23.9 Å². The minimum Gasteiger partial charge on any atom is -0.376 e. The summed E-state index contributed by atoms with van der Waals surface area (Å²) in [6.45, 7) is 2.06. The summed E-state index contributed by atoms with van der Waals surface area (Å²) in [6, 6.07) is 3.89. The number of rotatable bonds is 2. The number of hydrogen-bond acceptors (Lipinski definition) is 2. The van der Waals surface area contributed by atoms with Gasteiger partial charge in [0.05, 0.1) is 0 Å². The fraction of sp³-hybridized carbons (Fsp3) is 0.250. The van der Waals surface area contributed by atoms with E-state index in [1.807, 2.05) is 12.1 Å². The molecule has 0 aliphatic carbocycles. The summed E-state index contributed by atoms with van der Waals surface area (Å²) in [4.78, 5) is 4.11. The normalized spacial score (nSPS) is 9.42. The Morgan fingerprint density at radius 3 is 3.08 bits per heavy atom. The van der Waals surface area contributed by atoms with Crippen LogP contribution in [0.2, 0.25) is 0 Å². The monoisotopic (exact) mass is 181 g/mol. The van der Waals surface area contributed by atoms with E-state index < -0.39 is 0 Å². The Kier molecular flexibility index (Phi) is 2.99. The van der Waals surface area contributed by atoms with Gasteiger partial charge >= 0.3 is 0 Å². The summed E-state index contributed by atoms with van der Waals surface area (Å²) in [5.41, 5.74) is 6.44. The second-order valence-electron chi connectivity index (χ2n) is 2.35. The van der Waals surface area contributed by atoms with Crippen molar-refractivity contribution in [3.8, 4) is 0 Å². The molecule has 3 nitrogen and oxygen atoms in total. The van der Waals surface area contributed by atoms with Crippen molar-refractivity contribution in [2.24, 2.45) is 5.73 Å². The van der Waals surface area contributed by atoms with Crippen molar-refractivity contribution in [1.82, 2.24) is 4.98 Å². The third kappa shape index (κ3) is 2.17. The maximum absolute atomic E-state index is 5.33. The highest BCUT2D eigenvalue weighted by Gasteiger charge is 1.99. The van der Waals surface area contributed by atoms with Gasteiger partial charge in [-0.25, -0.2) is 4.98 Å². The van der Waals surface area contributed by atoms with Crippen LogP contribution in [-0.4, -0.2) is 10.1 Å². The Hall–Kier alpha value is -1.16. The van der Waals surface area contributed by atoms with Crippen LogP contribution in [0.25, 0.3) is 0 Å². The first-order valence-corrected chi connectivity index (χ1v) is 4.15. The van der Waals surface area contributed by atoms with Crippen molar-refractivity contribution < 1.29 is 0 Å². The molecule has 0 aliphatic heterocycles. The van der Waals surface area contributed by atoms with E-state index in [-0.39, 0.29) is 5.11 Å². The number of nitrogens with one attached hydrogen (secondary N) is 1. The third-order valence-corrected chi connectivity index (χ3v) is 1.62. The van der Waals surface area contributed by atoms with Gasteiger partial charge in [0.25, 0.3) is 0 Å². The summed E-state index contributed by atoms with van der Waals surface area (Å²) in [5.74, 6) is 0.757. The molecule has 0 atom stereocenters. The van der Waals surface area contributed by atoms with Gasteiger partial charge in [-0.1, -0.05) is 13.0 Å². The molecule has 0 saturated heterocycles. The van der Waals surface area contributed by atoms with E-state index in [1.54, 1.807) is 6.20 Å². The lowest BCUT2D eigenvalue weighted by Crippen LogP contribution is -2.20. The Morgan fingerprint density at radius 2 is 2.50 bits per heavy atom. The standard InChI is InChI=1S/C8H11N3S/c1-2-6-4-3-5-10-7(6)11-8(9)12/h3-5H,2H2,1H3,(H3,9,10,11,12). The molecule has 0 unspecified atom stereocenters. The van der Waals surface area contributed by atoms with Crippen LogP contribution >= 0.6 is 12.2 Å². The highest BCUT2D eigenvalue weighted by atomic mass is 32.1. The predicted molar refractivity (Wildman–Crippen MR) is 54.0 cm³/mol. The van der Waals surface area contributed by atoms with Gasteiger partial charge in [-0.2, -0.15) is 0 Å². The van der Waals surface area contributed by atoms with Crippen LogP contribution in [0, 0.1) is 0 Å². The molecule has 1 heterocycles. The van der Waals surface area contributed by atoms with Gasteiger partial charge in [0, 0.05) is 6.20 Å². The molecule has 64 valence electrons. The molecule has 1 aromatic rings. The summed E-state index contributed by atoms with van der Waals surface area (Å²) in [6.07, 6.45) is 2.62. The van der Waals surface area contributed by atoms with Crippen molar-refractivity contribution in [2.45, 2.75) is 13.3 Å². The van der Waals surface area contributed by atoms with Crippen LogP contribution in [0.15, 0.2) is 18.3 Å². The molecule has 0 saturated carbocycles. The second kappa shape index (κ2) is 4.01. The summed E-state index contributed by atoms with van der Waals surface area (Å²) in [7, 11) is 0. The Balaban J connectivity index is 2.89. The molecule has 0 spiro atoms. The zero-order valence-corrected chi connectivity index (χ0v) is 7.69. The highest BCUT2D eigenvalue weighted by molar-refractivity contribution is 7.80. The molecule has 4 heteroatoms. The van der Waals surface area contributed by atoms with E-state index in [1.165, 1.54) is 0 Å². The van der Waals surface area contributed by atoms with Crippen LogP contribution < -0.4 is 11.1 Å². The van der Waals surface area contributed by atoms with Gasteiger partial charge in [0.1, 0.15) is 5.82 Å². The lowest BCUT2D eigenvalue weighted by atomic mass is 10.2. The van der Waals surface area contributed by atoms with Gasteiger partial charge in [0.2, 0.25) is 0 Å².